The van der Waals surface area contributed by atoms with Crippen LogP contribution in [0, 0.1) is 5.82 Å². The van der Waals surface area contributed by atoms with E-state index in [4.69, 9.17) is 0 Å². The monoisotopic (exact) mass is 377 g/mol. The SMILES string of the molecule is CC(O)CCC/C=C/c1ccc(-c2ccc(-c3ccc(O)cc3F)nc2)cc1. The predicted molar refractivity (Wildman–Crippen MR) is 111 cm³/mol. The lowest BCUT2D eigenvalue weighted by molar-refractivity contribution is 0.182. The fourth-order valence-corrected chi connectivity index (χ4v) is 2.97. The van der Waals surface area contributed by atoms with E-state index in [2.05, 4.69) is 17.1 Å². The van der Waals surface area contributed by atoms with Crippen LogP contribution in [0.5, 0.6) is 5.75 Å². The first kappa shape index (κ1) is 19.8. The molecule has 0 radical (unpaired) electrons. The molecule has 1 heterocycles. The van der Waals surface area contributed by atoms with E-state index in [1.54, 1.807) is 12.3 Å². The highest BCUT2D eigenvalue weighted by Crippen LogP contribution is 2.26. The molecule has 1 atom stereocenters. The fraction of sp³-hybridized carbons (Fsp3) is 0.208. The molecule has 3 aromatic rings. The Bertz CT molecular complexity index is 932. The van der Waals surface area contributed by atoms with Gasteiger partial charge in [0.05, 0.1) is 11.8 Å². The summed E-state index contributed by atoms with van der Waals surface area (Å²) in [6.07, 6.45) is 8.44. The third-order valence-electron chi connectivity index (χ3n) is 4.54. The number of hydrogen-bond acceptors (Lipinski definition) is 3. The fourth-order valence-electron chi connectivity index (χ4n) is 2.97. The Morgan fingerprint density at radius 1 is 1.04 bits per heavy atom. The molecule has 1 unspecified atom stereocenters. The largest absolute Gasteiger partial charge is 0.508 e. The van der Waals surface area contributed by atoms with Crippen molar-refractivity contribution in [2.75, 3.05) is 0 Å². The third-order valence-corrected chi connectivity index (χ3v) is 4.54. The summed E-state index contributed by atoms with van der Waals surface area (Å²) in [6.45, 7) is 1.81. The van der Waals surface area contributed by atoms with Crippen LogP contribution >= 0.6 is 0 Å². The quantitative estimate of drug-likeness (QED) is 0.510. The lowest BCUT2D eigenvalue weighted by Gasteiger charge is -2.06. The Morgan fingerprint density at radius 2 is 1.79 bits per heavy atom. The number of rotatable bonds is 7. The van der Waals surface area contributed by atoms with Crippen LogP contribution in [-0.4, -0.2) is 21.3 Å². The van der Waals surface area contributed by atoms with Gasteiger partial charge in [-0.2, -0.15) is 0 Å². The molecule has 144 valence electrons. The zero-order valence-corrected chi connectivity index (χ0v) is 15.8. The number of phenolic OH excluding ortho intramolecular Hbond substituents is 1. The molecule has 0 amide bonds. The number of phenols is 1. The minimum absolute atomic E-state index is 0.102. The summed E-state index contributed by atoms with van der Waals surface area (Å²) in [6, 6.07) is 15.9. The van der Waals surface area contributed by atoms with Crippen molar-refractivity contribution in [1.29, 1.82) is 0 Å². The summed E-state index contributed by atoms with van der Waals surface area (Å²) >= 11 is 0. The molecule has 0 aliphatic rings. The van der Waals surface area contributed by atoms with Crippen LogP contribution in [0.2, 0.25) is 0 Å². The van der Waals surface area contributed by atoms with Gasteiger partial charge in [0, 0.05) is 23.4 Å². The highest BCUT2D eigenvalue weighted by atomic mass is 19.1. The Labute approximate surface area is 164 Å². The molecule has 0 fully saturated rings. The lowest BCUT2D eigenvalue weighted by atomic mass is 10.0. The van der Waals surface area contributed by atoms with Gasteiger partial charge < -0.3 is 10.2 Å². The average Bonchev–Trinajstić information content (AvgIpc) is 2.68. The molecule has 1 aromatic heterocycles. The lowest BCUT2D eigenvalue weighted by Crippen LogP contribution is -1.97. The van der Waals surface area contributed by atoms with Crippen molar-refractivity contribution < 1.29 is 14.6 Å². The van der Waals surface area contributed by atoms with Crippen molar-refractivity contribution in [2.24, 2.45) is 0 Å². The van der Waals surface area contributed by atoms with Gasteiger partial charge in [-0.3, -0.25) is 4.98 Å². The normalized spacial score (nSPS) is 12.4. The first-order valence-corrected chi connectivity index (χ1v) is 9.43. The molecule has 3 rings (SSSR count). The number of benzene rings is 2. The van der Waals surface area contributed by atoms with E-state index in [0.717, 1.165) is 42.0 Å². The van der Waals surface area contributed by atoms with E-state index in [1.807, 2.05) is 37.3 Å². The highest BCUT2D eigenvalue weighted by Gasteiger charge is 2.08. The number of aliphatic hydroxyl groups is 1. The maximum atomic E-state index is 14.0. The average molecular weight is 377 g/mol. The maximum absolute atomic E-state index is 14.0. The molecule has 3 nitrogen and oxygen atoms in total. The molecule has 2 aromatic carbocycles. The van der Waals surface area contributed by atoms with Crippen molar-refractivity contribution in [3.63, 3.8) is 0 Å². The summed E-state index contributed by atoms with van der Waals surface area (Å²) in [5.41, 5.74) is 4.00. The second kappa shape index (κ2) is 9.29. The second-order valence-corrected chi connectivity index (χ2v) is 6.90. The van der Waals surface area contributed by atoms with E-state index in [1.165, 1.54) is 12.1 Å². The molecule has 0 aliphatic heterocycles. The molecular formula is C24H24FNO2. The topological polar surface area (TPSA) is 53.4 Å². The van der Waals surface area contributed by atoms with E-state index in [0.29, 0.717) is 11.3 Å². The zero-order chi connectivity index (χ0) is 19.9. The third kappa shape index (κ3) is 5.27. The molecule has 0 saturated carbocycles. The first-order valence-electron chi connectivity index (χ1n) is 9.43. The van der Waals surface area contributed by atoms with Crippen molar-refractivity contribution in [2.45, 2.75) is 32.3 Å². The summed E-state index contributed by atoms with van der Waals surface area (Å²) in [4.78, 5) is 4.37. The van der Waals surface area contributed by atoms with Crippen molar-refractivity contribution in [1.82, 2.24) is 4.98 Å². The van der Waals surface area contributed by atoms with Crippen LogP contribution in [0.4, 0.5) is 4.39 Å². The minimum Gasteiger partial charge on any atom is -0.508 e. The number of nitrogens with zero attached hydrogens (tertiary/aromatic N) is 1. The van der Waals surface area contributed by atoms with Gasteiger partial charge >= 0.3 is 0 Å². The van der Waals surface area contributed by atoms with Crippen molar-refractivity contribution >= 4 is 6.08 Å². The van der Waals surface area contributed by atoms with E-state index in [-0.39, 0.29) is 11.9 Å². The van der Waals surface area contributed by atoms with Gasteiger partial charge in [0.25, 0.3) is 0 Å². The van der Waals surface area contributed by atoms with Gasteiger partial charge in [0.1, 0.15) is 11.6 Å². The molecular weight excluding hydrogens is 353 g/mol. The Hall–Kier alpha value is -2.98. The van der Waals surface area contributed by atoms with E-state index in [9.17, 15) is 14.6 Å². The molecule has 2 N–H and O–H groups in total. The van der Waals surface area contributed by atoms with Crippen molar-refractivity contribution in [3.05, 3.63) is 78.3 Å². The van der Waals surface area contributed by atoms with Gasteiger partial charge in [-0.1, -0.05) is 42.5 Å². The second-order valence-electron chi connectivity index (χ2n) is 6.90. The Kier molecular flexibility index (Phi) is 6.56. The maximum Gasteiger partial charge on any atom is 0.136 e. The molecule has 0 bridgehead atoms. The standard InChI is InChI=1S/C24H24FNO2/c1-17(27)5-3-2-4-6-18-7-9-19(10-8-18)20-11-14-24(26-16-20)22-13-12-21(28)15-23(22)25/h4,6-17,27-28H,2-3,5H2,1H3/b6-4+. The first-order chi connectivity index (χ1) is 13.5. The van der Waals surface area contributed by atoms with Gasteiger partial charge in [-0.05, 0) is 55.5 Å². The summed E-state index contributed by atoms with van der Waals surface area (Å²) in [5.74, 6) is -0.597. The molecule has 0 aliphatic carbocycles. The van der Waals surface area contributed by atoms with Gasteiger partial charge in [-0.25, -0.2) is 4.39 Å². The number of allylic oxidation sites excluding steroid dienone is 1. The van der Waals surface area contributed by atoms with Crippen LogP contribution in [0.1, 0.15) is 31.7 Å². The number of unbranched alkanes of at least 4 members (excludes halogenated alkanes) is 1. The van der Waals surface area contributed by atoms with Gasteiger partial charge in [0.2, 0.25) is 0 Å². The van der Waals surface area contributed by atoms with Crippen LogP contribution in [-0.2, 0) is 0 Å². The number of halogens is 1. The van der Waals surface area contributed by atoms with Crippen LogP contribution in [0.3, 0.4) is 0 Å². The Morgan fingerprint density at radius 3 is 2.43 bits per heavy atom. The summed E-state index contributed by atoms with van der Waals surface area (Å²) in [7, 11) is 0. The van der Waals surface area contributed by atoms with Gasteiger partial charge in [-0.15, -0.1) is 0 Å². The van der Waals surface area contributed by atoms with Crippen LogP contribution in [0.25, 0.3) is 28.5 Å². The number of aliphatic hydroxyl groups excluding tert-OH is 1. The predicted octanol–water partition coefficient (Wildman–Crippen LogP) is 5.82. The van der Waals surface area contributed by atoms with Gasteiger partial charge in [0.15, 0.2) is 0 Å². The smallest absolute Gasteiger partial charge is 0.136 e. The van der Waals surface area contributed by atoms with E-state index >= 15 is 0 Å². The highest BCUT2D eigenvalue weighted by molar-refractivity contribution is 5.68. The van der Waals surface area contributed by atoms with E-state index < -0.39 is 5.82 Å². The summed E-state index contributed by atoms with van der Waals surface area (Å²) < 4.78 is 14.0. The Balaban J connectivity index is 1.66. The molecule has 28 heavy (non-hydrogen) atoms. The molecule has 4 heteroatoms. The number of hydrogen-bond donors (Lipinski definition) is 2. The number of pyridine rings is 1. The minimum atomic E-state index is -0.496. The number of aromatic hydroxyl groups is 1. The van der Waals surface area contributed by atoms with Crippen LogP contribution in [0.15, 0.2) is 66.9 Å². The number of aromatic nitrogens is 1. The summed E-state index contributed by atoms with van der Waals surface area (Å²) in [5, 5.41) is 18.6. The zero-order valence-electron chi connectivity index (χ0n) is 15.8. The molecule has 0 saturated heterocycles. The van der Waals surface area contributed by atoms with Crippen LogP contribution < -0.4 is 0 Å². The molecule has 0 spiro atoms. The van der Waals surface area contributed by atoms with Crippen molar-refractivity contribution in [3.8, 4) is 28.1 Å².